The molecule has 1 aliphatic rings. The van der Waals surface area contributed by atoms with E-state index in [1.807, 2.05) is 43.3 Å². The fraction of sp³-hybridized carbons (Fsp3) is 0.0833. The predicted molar refractivity (Wildman–Crippen MR) is 114 cm³/mol. The van der Waals surface area contributed by atoms with Crippen molar-refractivity contribution in [3.8, 4) is 45.0 Å². The first-order valence-corrected chi connectivity index (χ1v) is 9.37. The highest BCUT2D eigenvalue weighted by Crippen LogP contribution is 2.37. The van der Waals surface area contributed by atoms with E-state index in [1.165, 1.54) is 0 Å². The number of nitrogens with zero attached hydrogens (tertiary/aromatic N) is 2. The van der Waals surface area contributed by atoms with E-state index in [0.717, 1.165) is 50.7 Å². The lowest BCUT2D eigenvalue weighted by molar-refractivity contribution is 0.174. The molecule has 142 valence electrons. The van der Waals surface area contributed by atoms with Crippen LogP contribution in [0.15, 0.2) is 72.9 Å². The molecule has 0 amide bonds. The minimum atomic E-state index is 0.270. The number of aromatic nitrogens is 2. The highest BCUT2D eigenvalue weighted by atomic mass is 16.7. The average Bonchev–Trinajstić information content (AvgIpc) is 3.22. The lowest BCUT2D eigenvalue weighted by Crippen LogP contribution is -1.93. The van der Waals surface area contributed by atoms with Crippen molar-refractivity contribution in [1.82, 2.24) is 9.97 Å². The van der Waals surface area contributed by atoms with Crippen LogP contribution in [-0.4, -0.2) is 16.8 Å². The largest absolute Gasteiger partial charge is 0.454 e. The van der Waals surface area contributed by atoms with E-state index in [0.29, 0.717) is 5.82 Å². The second-order valence-electron chi connectivity index (χ2n) is 7.00. The highest BCUT2D eigenvalue weighted by molar-refractivity contribution is 5.76. The van der Waals surface area contributed by atoms with E-state index < -0.39 is 0 Å². The number of benzene rings is 2. The average molecular weight is 381 g/mol. The first-order chi connectivity index (χ1) is 14.2. The van der Waals surface area contributed by atoms with Gasteiger partial charge < -0.3 is 15.2 Å². The first kappa shape index (κ1) is 17.3. The Morgan fingerprint density at radius 2 is 1.55 bits per heavy atom. The second-order valence-corrected chi connectivity index (χ2v) is 7.00. The van der Waals surface area contributed by atoms with Crippen LogP contribution in [0.3, 0.4) is 0 Å². The van der Waals surface area contributed by atoms with Crippen LogP contribution < -0.4 is 15.2 Å². The molecule has 5 nitrogen and oxygen atoms in total. The van der Waals surface area contributed by atoms with Gasteiger partial charge in [0.2, 0.25) is 6.79 Å². The molecule has 3 heterocycles. The molecule has 0 radical (unpaired) electrons. The summed E-state index contributed by atoms with van der Waals surface area (Å²) in [5, 5.41) is 0. The van der Waals surface area contributed by atoms with Crippen molar-refractivity contribution < 1.29 is 9.47 Å². The maximum Gasteiger partial charge on any atom is 0.231 e. The van der Waals surface area contributed by atoms with Gasteiger partial charge in [0.15, 0.2) is 11.5 Å². The van der Waals surface area contributed by atoms with Crippen LogP contribution in [0.2, 0.25) is 0 Å². The molecule has 0 saturated carbocycles. The number of hydrogen-bond donors (Lipinski definition) is 1. The van der Waals surface area contributed by atoms with Gasteiger partial charge in [-0.3, -0.25) is 4.98 Å². The molecule has 0 saturated heterocycles. The Bertz CT molecular complexity index is 1200. The summed E-state index contributed by atoms with van der Waals surface area (Å²) in [6, 6.07) is 22.3. The minimum absolute atomic E-state index is 0.270. The van der Waals surface area contributed by atoms with Gasteiger partial charge in [0, 0.05) is 23.0 Å². The Balaban J connectivity index is 1.55. The molecule has 0 bridgehead atoms. The standard InChI is InChI=1S/C24H19N3O2/c1-15-9-20(17-5-7-22-23(12-17)29-14-28-22)11-21(27-15)18-4-2-3-16(10-18)19-6-8-24(25)26-13-19/h2-13H,14H2,1H3,(H2,25,26). The molecule has 0 fully saturated rings. The minimum Gasteiger partial charge on any atom is -0.454 e. The molecule has 0 aliphatic carbocycles. The van der Waals surface area contributed by atoms with Gasteiger partial charge >= 0.3 is 0 Å². The molecule has 2 aromatic heterocycles. The van der Waals surface area contributed by atoms with Crippen molar-refractivity contribution in [3.63, 3.8) is 0 Å². The summed E-state index contributed by atoms with van der Waals surface area (Å²) < 4.78 is 10.9. The van der Waals surface area contributed by atoms with Crippen LogP contribution in [0, 0.1) is 6.92 Å². The molecular formula is C24H19N3O2. The third-order valence-corrected chi connectivity index (χ3v) is 4.94. The van der Waals surface area contributed by atoms with Gasteiger partial charge in [-0.1, -0.05) is 24.3 Å². The van der Waals surface area contributed by atoms with Crippen LogP contribution in [0.25, 0.3) is 33.5 Å². The van der Waals surface area contributed by atoms with Gasteiger partial charge in [-0.25, -0.2) is 4.98 Å². The highest BCUT2D eigenvalue weighted by Gasteiger charge is 2.15. The molecule has 5 rings (SSSR count). The SMILES string of the molecule is Cc1cc(-c2ccc3c(c2)OCO3)cc(-c2cccc(-c3ccc(N)nc3)c2)n1. The third-order valence-electron chi connectivity index (χ3n) is 4.94. The van der Waals surface area contributed by atoms with Crippen molar-refractivity contribution in [1.29, 1.82) is 0 Å². The molecular weight excluding hydrogens is 362 g/mol. The van der Waals surface area contributed by atoms with E-state index in [1.54, 1.807) is 6.20 Å². The summed E-state index contributed by atoms with van der Waals surface area (Å²) in [6.45, 7) is 2.28. The molecule has 0 atom stereocenters. The first-order valence-electron chi connectivity index (χ1n) is 9.37. The van der Waals surface area contributed by atoms with Crippen LogP contribution in [0.1, 0.15) is 5.69 Å². The number of pyridine rings is 2. The van der Waals surface area contributed by atoms with Gasteiger partial charge in [-0.2, -0.15) is 0 Å². The van der Waals surface area contributed by atoms with Crippen LogP contribution in [0.5, 0.6) is 11.5 Å². The van der Waals surface area contributed by atoms with E-state index in [4.69, 9.17) is 20.2 Å². The van der Waals surface area contributed by atoms with Crippen molar-refractivity contribution in [2.75, 3.05) is 12.5 Å². The Morgan fingerprint density at radius 3 is 2.41 bits per heavy atom. The fourth-order valence-corrected chi connectivity index (χ4v) is 3.49. The van der Waals surface area contributed by atoms with Gasteiger partial charge in [0.25, 0.3) is 0 Å². The molecule has 2 N–H and O–H groups in total. The summed E-state index contributed by atoms with van der Waals surface area (Å²) >= 11 is 0. The summed E-state index contributed by atoms with van der Waals surface area (Å²) in [4.78, 5) is 8.95. The van der Waals surface area contributed by atoms with E-state index in [9.17, 15) is 0 Å². The number of nitrogen functional groups attached to an aromatic ring is 1. The Kier molecular flexibility index (Phi) is 4.13. The number of nitrogens with two attached hydrogens (primary N) is 1. The summed E-state index contributed by atoms with van der Waals surface area (Å²) in [5.41, 5.74) is 12.9. The quantitative estimate of drug-likeness (QED) is 0.535. The van der Waals surface area contributed by atoms with E-state index in [-0.39, 0.29) is 6.79 Å². The topological polar surface area (TPSA) is 70.3 Å². The molecule has 2 aromatic carbocycles. The monoisotopic (exact) mass is 381 g/mol. The number of anilines is 1. The number of hydrogen-bond acceptors (Lipinski definition) is 5. The summed E-state index contributed by atoms with van der Waals surface area (Å²) in [6.07, 6.45) is 1.79. The van der Waals surface area contributed by atoms with E-state index in [2.05, 4.69) is 35.3 Å². The van der Waals surface area contributed by atoms with Crippen LogP contribution in [-0.2, 0) is 0 Å². The van der Waals surface area contributed by atoms with Crippen molar-refractivity contribution >= 4 is 5.82 Å². The normalized spacial score (nSPS) is 12.2. The molecule has 1 aliphatic heterocycles. The second kappa shape index (κ2) is 6.95. The molecule has 0 spiro atoms. The zero-order valence-corrected chi connectivity index (χ0v) is 15.9. The lowest BCUT2D eigenvalue weighted by atomic mass is 9.99. The van der Waals surface area contributed by atoms with E-state index >= 15 is 0 Å². The maximum absolute atomic E-state index is 5.71. The smallest absolute Gasteiger partial charge is 0.231 e. The van der Waals surface area contributed by atoms with Crippen molar-refractivity contribution in [3.05, 3.63) is 78.6 Å². The lowest BCUT2D eigenvalue weighted by Gasteiger charge is -2.10. The molecule has 5 heteroatoms. The number of aryl methyl sites for hydroxylation is 1. The molecule has 0 unspecified atom stereocenters. The number of rotatable bonds is 3. The maximum atomic E-state index is 5.71. The Labute approximate surface area is 168 Å². The van der Waals surface area contributed by atoms with Gasteiger partial charge in [-0.05, 0) is 66.1 Å². The van der Waals surface area contributed by atoms with Gasteiger partial charge in [0.05, 0.1) is 5.69 Å². The fourth-order valence-electron chi connectivity index (χ4n) is 3.49. The van der Waals surface area contributed by atoms with Crippen LogP contribution in [0.4, 0.5) is 5.82 Å². The Morgan fingerprint density at radius 1 is 0.759 bits per heavy atom. The predicted octanol–water partition coefficient (Wildman–Crippen LogP) is 5.10. The summed E-state index contributed by atoms with van der Waals surface area (Å²) in [5.74, 6) is 2.07. The zero-order chi connectivity index (χ0) is 19.8. The Hall–Kier alpha value is -3.86. The van der Waals surface area contributed by atoms with Crippen molar-refractivity contribution in [2.24, 2.45) is 0 Å². The van der Waals surface area contributed by atoms with Gasteiger partial charge in [0.1, 0.15) is 5.82 Å². The summed E-state index contributed by atoms with van der Waals surface area (Å²) in [7, 11) is 0. The molecule has 29 heavy (non-hydrogen) atoms. The zero-order valence-electron chi connectivity index (χ0n) is 15.9. The van der Waals surface area contributed by atoms with Gasteiger partial charge in [-0.15, -0.1) is 0 Å². The number of fused-ring (bicyclic) bond motifs is 1. The van der Waals surface area contributed by atoms with Crippen LogP contribution >= 0.6 is 0 Å². The number of ether oxygens (including phenoxy) is 2. The third kappa shape index (κ3) is 3.38. The molecule has 4 aromatic rings. The van der Waals surface area contributed by atoms with Crippen molar-refractivity contribution in [2.45, 2.75) is 6.92 Å².